The van der Waals surface area contributed by atoms with E-state index in [2.05, 4.69) is 5.32 Å². The molecule has 2 amide bonds. The number of urea groups is 1. The van der Waals surface area contributed by atoms with Gasteiger partial charge in [0.05, 0.1) is 0 Å². The third-order valence-electron chi connectivity index (χ3n) is 3.36. The molecule has 2 atom stereocenters. The maximum absolute atomic E-state index is 12.1. The summed E-state index contributed by atoms with van der Waals surface area (Å²) in [5, 5.41) is 29.1. The van der Waals surface area contributed by atoms with Crippen molar-refractivity contribution in [1.29, 1.82) is 0 Å². The molecule has 1 heterocycles. The maximum Gasteiger partial charge on any atom is 0.326 e. The van der Waals surface area contributed by atoms with Crippen LogP contribution in [0.15, 0.2) is 0 Å². The monoisotopic (exact) mass is 274 g/mol. The zero-order valence-electron chi connectivity index (χ0n) is 10.9. The van der Waals surface area contributed by atoms with Crippen LogP contribution in [0, 0.1) is 0 Å². The van der Waals surface area contributed by atoms with Crippen LogP contribution in [-0.2, 0) is 4.79 Å². The van der Waals surface area contributed by atoms with Crippen molar-refractivity contribution < 1.29 is 24.9 Å². The van der Waals surface area contributed by atoms with Gasteiger partial charge in [0, 0.05) is 32.2 Å². The number of hydrogen-bond acceptors (Lipinski definition) is 4. The molecule has 0 aliphatic carbocycles. The predicted molar refractivity (Wildman–Crippen MR) is 67.7 cm³/mol. The van der Waals surface area contributed by atoms with Crippen LogP contribution in [0.1, 0.15) is 32.1 Å². The van der Waals surface area contributed by atoms with E-state index < -0.39 is 18.0 Å². The molecule has 1 unspecified atom stereocenters. The second kappa shape index (κ2) is 7.96. The van der Waals surface area contributed by atoms with E-state index in [1.54, 1.807) is 4.90 Å². The van der Waals surface area contributed by atoms with Gasteiger partial charge in [0.1, 0.15) is 6.04 Å². The quantitative estimate of drug-likeness (QED) is 0.535. The fraction of sp³-hybridized carbons (Fsp3) is 0.833. The number of rotatable bonds is 6. The Kier molecular flexibility index (Phi) is 6.58. The van der Waals surface area contributed by atoms with E-state index in [-0.39, 0.29) is 25.7 Å². The molecule has 0 saturated carbocycles. The molecule has 7 nitrogen and oxygen atoms in total. The molecule has 0 aromatic rings. The molecule has 1 rings (SSSR count). The molecule has 0 aromatic heterocycles. The maximum atomic E-state index is 12.1. The van der Waals surface area contributed by atoms with Crippen LogP contribution in [0.2, 0.25) is 0 Å². The first-order valence-corrected chi connectivity index (χ1v) is 6.61. The summed E-state index contributed by atoms with van der Waals surface area (Å²) in [7, 11) is 0. The SMILES string of the molecule is O=C(O)[C@H](CCO)NC(=O)N1CCCCC1CCO. The molecule has 1 saturated heterocycles. The van der Waals surface area contributed by atoms with E-state index >= 15 is 0 Å². The van der Waals surface area contributed by atoms with Gasteiger partial charge in [-0.3, -0.25) is 0 Å². The molecule has 1 fully saturated rings. The zero-order chi connectivity index (χ0) is 14.3. The minimum absolute atomic E-state index is 0.00739. The van der Waals surface area contributed by atoms with Gasteiger partial charge in [-0.25, -0.2) is 9.59 Å². The number of nitrogens with zero attached hydrogens (tertiary/aromatic N) is 1. The first-order chi connectivity index (χ1) is 9.10. The summed E-state index contributed by atoms with van der Waals surface area (Å²) >= 11 is 0. The highest BCUT2D eigenvalue weighted by molar-refractivity contribution is 5.82. The van der Waals surface area contributed by atoms with Gasteiger partial charge in [-0.1, -0.05) is 0 Å². The van der Waals surface area contributed by atoms with Crippen molar-refractivity contribution in [2.45, 2.75) is 44.2 Å². The van der Waals surface area contributed by atoms with Crippen LogP contribution in [0.3, 0.4) is 0 Å². The highest BCUT2D eigenvalue weighted by atomic mass is 16.4. The van der Waals surface area contributed by atoms with Crippen LogP contribution in [0.25, 0.3) is 0 Å². The molecule has 7 heteroatoms. The zero-order valence-corrected chi connectivity index (χ0v) is 10.9. The van der Waals surface area contributed by atoms with Gasteiger partial charge >= 0.3 is 12.0 Å². The van der Waals surface area contributed by atoms with Crippen LogP contribution in [-0.4, -0.2) is 64.1 Å². The number of carboxylic acids is 1. The minimum atomic E-state index is -1.15. The Labute approximate surface area is 112 Å². The van der Waals surface area contributed by atoms with Crippen molar-refractivity contribution in [3.63, 3.8) is 0 Å². The number of carbonyl (C=O) groups is 2. The third-order valence-corrected chi connectivity index (χ3v) is 3.36. The number of hydrogen-bond donors (Lipinski definition) is 4. The summed E-state index contributed by atoms with van der Waals surface area (Å²) in [5.74, 6) is -1.15. The summed E-state index contributed by atoms with van der Waals surface area (Å²) in [5.41, 5.74) is 0. The number of carboxylic acid groups (broad SMARTS) is 1. The lowest BCUT2D eigenvalue weighted by molar-refractivity contribution is -0.139. The van der Waals surface area contributed by atoms with Crippen molar-refractivity contribution in [2.24, 2.45) is 0 Å². The number of piperidine rings is 1. The molecule has 0 radical (unpaired) electrons. The first kappa shape index (κ1) is 15.7. The Morgan fingerprint density at radius 3 is 2.58 bits per heavy atom. The number of aliphatic hydroxyl groups is 2. The van der Waals surface area contributed by atoms with Gasteiger partial charge in [0.2, 0.25) is 0 Å². The molecule has 19 heavy (non-hydrogen) atoms. The Balaban J connectivity index is 2.60. The average molecular weight is 274 g/mol. The Morgan fingerprint density at radius 1 is 1.26 bits per heavy atom. The lowest BCUT2D eigenvalue weighted by Gasteiger charge is -2.36. The Hall–Kier alpha value is -1.34. The number of carbonyl (C=O) groups excluding carboxylic acids is 1. The topological polar surface area (TPSA) is 110 Å². The molecule has 0 bridgehead atoms. The van der Waals surface area contributed by atoms with Crippen LogP contribution >= 0.6 is 0 Å². The second-order valence-corrected chi connectivity index (χ2v) is 4.71. The van der Waals surface area contributed by atoms with Crippen molar-refractivity contribution in [1.82, 2.24) is 10.2 Å². The van der Waals surface area contributed by atoms with Crippen LogP contribution < -0.4 is 5.32 Å². The number of nitrogens with one attached hydrogen (secondary N) is 1. The third kappa shape index (κ3) is 4.68. The van der Waals surface area contributed by atoms with Gasteiger partial charge < -0.3 is 25.5 Å². The van der Waals surface area contributed by atoms with E-state index in [0.29, 0.717) is 13.0 Å². The van der Waals surface area contributed by atoms with E-state index in [1.807, 2.05) is 0 Å². The average Bonchev–Trinajstić information content (AvgIpc) is 2.39. The molecule has 1 aliphatic heterocycles. The fourth-order valence-corrected chi connectivity index (χ4v) is 2.34. The Bertz CT molecular complexity index is 308. The van der Waals surface area contributed by atoms with E-state index in [0.717, 1.165) is 19.3 Å². The smallest absolute Gasteiger partial charge is 0.326 e. The number of aliphatic carboxylic acids is 1. The van der Waals surface area contributed by atoms with E-state index in [1.165, 1.54) is 0 Å². The highest BCUT2D eigenvalue weighted by Crippen LogP contribution is 2.19. The van der Waals surface area contributed by atoms with Gasteiger partial charge in [-0.05, 0) is 25.7 Å². The van der Waals surface area contributed by atoms with Crippen molar-refractivity contribution in [2.75, 3.05) is 19.8 Å². The molecule has 0 spiro atoms. The molecule has 1 aliphatic rings. The van der Waals surface area contributed by atoms with Crippen molar-refractivity contribution in [3.05, 3.63) is 0 Å². The largest absolute Gasteiger partial charge is 0.480 e. The minimum Gasteiger partial charge on any atom is -0.480 e. The fourth-order valence-electron chi connectivity index (χ4n) is 2.34. The van der Waals surface area contributed by atoms with Crippen molar-refractivity contribution >= 4 is 12.0 Å². The standard InChI is InChI=1S/C12H22N2O5/c15-7-4-9-3-1-2-6-14(9)12(19)13-10(5-8-16)11(17)18/h9-10,15-16H,1-8H2,(H,13,19)(H,17,18)/t9?,10-/m0/s1. The molecule has 0 aromatic carbocycles. The summed E-state index contributed by atoms with van der Waals surface area (Å²) < 4.78 is 0. The van der Waals surface area contributed by atoms with Gasteiger partial charge in [0.25, 0.3) is 0 Å². The number of aliphatic hydroxyl groups excluding tert-OH is 2. The first-order valence-electron chi connectivity index (χ1n) is 6.61. The van der Waals surface area contributed by atoms with Crippen molar-refractivity contribution in [3.8, 4) is 0 Å². The van der Waals surface area contributed by atoms with Crippen LogP contribution in [0.5, 0.6) is 0 Å². The molecular formula is C12H22N2O5. The summed E-state index contributed by atoms with van der Waals surface area (Å²) in [6.07, 6.45) is 3.21. The lowest BCUT2D eigenvalue weighted by atomic mass is 10.00. The second-order valence-electron chi connectivity index (χ2n) is 4.71. The highest BCUT2D eigenvalue weighted by Gasteiger charge is 2.29. The van der Waals surface area contributed by atoms with Crippen LogP contribution in [0.4, 0.5) is 4.79 Å². The predicted octanol–water partition coefficient (Wildman–Crippen LogP) is -0.231. The Morgan fingerprint density at radius 2 is 2.00 bits per heavy atom. The summed E-state index contributed by atoms with van der Waals surface area (Å²) in [6, 6.07) is -1.55. The van der Waals surface area contributed by atoms with E-state index in [4.69, 9.17) is 15.3 Å². The number of likely N-dealkylation sites (tertiary alicyclic amines) is 1. The summed E-state index contributed by atoms with van der Waals surface area (Å²) in [4.78, 5) is 24.6. The van der Waals surface area contributed by atoms with Gasteiger partial charge in [-0.15, -0.1) is 0 Å². The van der Waals surface area contributed by atoms with Gasteiger partial charge in [-0.2, -0.15) is 0 Å². The number of amides is 2. The molecule has 4 N–H and O–H groups in total. The van der Waals surface area contributed by atoms with Gasteiger partial charge in [0.15, 0.2) is 0 Å². The lowest BCUT2D eigenvalue weighted by Crippen LogP contribution is -2.53. The van der Waals surface area contributed by atoms with E-state index in [9.17, 15) is 9.59 Å². The molecular weight excluding hydrogens is 252 g/mol. The normalized spacial score (nSPS) is 20.9. The molecule has 110 valence electrons. The summed E-state index contributed by atoms with van der Waals surface area (Å²) in [6.45, 7) is 0.284.